The highest BCUT2D eigenvalue weighted by molar-refractivity contribution is 5.37. The lowest BCUT2D eigenvalue weighted by atomic mass is 9.58. The summed E-state index contributed by atoms with van der Waals surface area (Å²) in [7, 11) is 0. The average molecular weight is 343 g/mol. The van der Waals surface area contributed by atoms with E-state index in [-0.39, 0.29) is 11.3 Å². The summed E-state index contributed by atoms with van der Waals surface area (Å²) in [6.45, 7) is 0. The van der Waals surface area contributed by atoms with E-state index in [1.54, 1.807) is 12.1 Å². The van der Waals surface area contributed by atoms with Crippen molar-refractivity contribution in [2.75, 3.05) is 0 Å². The van der Waals surface area contributed by atoms with Gasteiger partial charge in [0.2, 0.25) is 5.92 Å². The number of aliphatic hydroxyl groups excluding tert-OH is 1. The highest BCUT2D eigenvalue weighted by atomic mass is 19.4. The molecule has 1 saturated carbocycles. The van der Waals surface area contributed by atoms with Crippen molar-refractivity contribution in [2.24, 2.45) is 0 Å². The van der Waals surface area contributed by atoms with Crippen molar-refractivity contribution in [1.29, 1.82) is 0 Å². The molecule has 0 bridgehead atoms. The van der Waals surface area contributed by atoms with Gasteiger partial charge in [-0.05, 0) is 29.8 Å². The number of nitrogens with zero attached hydrogens (tertiary/aromatic N) is 1. The van der Waals surface area contributed by atoms with E-state index in [1.807, 2.05) is 0 Å². The predicted octanol–water partition coefficient (Wildman–Crippen LogP) is 4.50. The van der Waals surface area contributed by atoms with E-state index in [9.17, 15) is 27.1 Å². The molecule has 2 aromatic rings. The van der Waals surface area contributed by atoms with Crippen LogP contribution in [-0.4, -0.2) is 16.0 Å². The summed E-state index contributed by atoms with van der Waals surface area (Å²) in [5, 5.41) is 10.6. The summed E-state index contributed by atoms with van der Waals surface area (Å²) in [6, 6.07) is 8.75. The lowest BCUT2D eigenvalue weighted by molar-refractivity contribution is -0.163. The minimum absolute atomic E-state index is 0.216. The second-order valence-corrected chi connectivity index (χ2v) is 6.10. The maximum absolute atomic E-state index is 13.6. The summed E-state index contributed by atoms with van der Waals surface area (Å²) in [5.74, 6) is -2.96. The van der Waals surface area contributed by atoms with Crippen molar-refractivity contribution < 1.29 is 27.1 Å². The first-order chi connectivity index (χ1) is 11.1. The Labute approximate surface area is 135 Å². The zero-order chi connectivity index (χ0) is 17.6. The van der Waals surface area contributed by atoms with Crippen molar-refractivity contribution in [2.45, 2.75) is 36.5 Å². The summed E-state index contributed by atoms with van der Waals surface area (Å²) in [5.41, 5.74) is -1.74. The van der Waals surface area contributed by atoms with Gasteiger partial charge in [0.15, 0.2) is 0 Å². The SMILES string of the molecule is OC(c1ccccn1)C1(c2ccc(C(F)(F)F)cc2)CC(F)(F)C1. The van der Waals surface area contributed by atoms with Crippen molar-refractivity contribution in [1.82, 2.24) is 4.98 Å². The maximum Gasteiger partial charge on any atom is 0.416 e. The van der Waals surface area contributed by atoms with Crippen LogP contribution in [0.1, 0.15) is 35.8 Å². The molecule has 3 rings (SSSR count). The molecule has 1 aliphatic rings. The van der Waals surface area contributed by atoms with Gasteiger partial charge in [0.1, 0.15) is 6.10 Å². The molecule has 7 heteroatoms. The van der Waals surface area contributed by atoms with Gasteiger partial charge in [0.05, 0.1) is 11.3 Å². The largest absolute Gasteiger partial charge is 0.416 e. The highest BCUT2D eigenvalue weighted by Gasteiger charge is 2.61. The highest BCUT2D eigenvalue weighted by Crippen LogP contribution is 2.59. The topological polar surface area (TPSA) is 33.1 Å². The van der Waals surface area contributed by atoms with E-state index < -0.39 is 42.0 Å². The number of pyridine rings is 1. The second kappa shape index (κ2) is 5.51. The van der Waals surface area contributed by atoms with Gasteiger partial charge >= 0.3 is 6.18 Å². The molecule has 0 radical (unpaired) electrons. The monoisotopic (exact) mass is 343 g/mol. The zero-order valence-corrected chi connectivity index (χ0v) is 12.4. The quantitative estimate of drug-likeness (QED) is 0.833. The fraction of sp³-hybridized carbons (Fsp3) is 0.353. The third-order valence-corrected chi connectivity index (χ3v) is 4.43. The number of aliphatic hydroxyl groups is 1. The molecule has 0 saturated heterocycles. The number of aromatic nitrogens is 1. The van der Waals surface area contributed by atoms with Crippen molar-refractivity contribution in [3.05, 3.63) is 65.5 Å². The van der Waals surface area contributed by atoms with Crippen LogP contribution in [0.5, 0.6) is 0 Å². The minimum Gasteiger partial charge on any atom is -0.386 e. The molecule has 1 aliphatic carbocycles. The molecular formula is C17H14F5NO. The van der Waals surface area contributed by atoms with Crippen LogP contribution in [0.25, 0.3) is 0 Å². The van der Waals surface area contributed by atoms with E-state index in [1.165, 1.54) is 12.3 Å². The van der Waals surface area contributed by atoms with Crippen LogP contribution in [0.4, 0.5) is 22.0 Å². The van der Waals surface area contributed by atoms with Crippen LogP contribution in [0.3, 0.4) is 0 Å². The van der Waals surface area contributed by atoms with Gasteiger partial charge in [0, 0.05) is 24.5 Å². The smallest absolute Gasteiger partial charge is 0.386 e. The van der Waals surface area contributed by atoms with Gasteiger partial charge in [-0.3, -0.25) is 4.98 Å². The number of hydrogen-bond donors (Lipinski definition) is 1. The molecule has 1 unspecified atom stereocenters. The molecule has 1 fully saturated rings. The van der Waals surface area contributed by atoms with Crippen molar-refractivity contribution >= 4 is 0 Å². The fourth-order valence-corrected chi connectivity index (χ4v) is 3.24. The van der Waals surface area contributed by atoms with E-state index in [2.05, 4.69) is 4.98 Å². The van der Waals surface area contributed by atoms with Crippen LogP contribution < -0.4 is 0 Å². The van der Waals surface area contributed by atoms with Crippen LogP contribution >= 0.6 is 0 Å². The van der Waals surface area contributed by atoms with E-state index in [0.717, 1.165) is 24.3 Å². The van der Waals surface area contributed by atoms with Gasteiger partial charge in [-0.25, -0.2) is 8.78 Å². The predicted molar refractivity (Wildman–Crippen MR) is 76.5 cm³/mol. The zero-order valence-electron chi connectivity index (χ0n) is 12.4. The van der Waals surface area contributed by atoms with Gasteiger partial charge in [-0.15, -0.1) is 0 Å². The second-order valence-electron chi connectivity index (χ2n) is 6.10. The normalized spacial score (nSPS) is 20.2. The molecule has 1 aromatic carbocycles. The molecule has 0 aliphatic heterocycles. The summed E-state index contributed by atoms with van der Waals surface area (Å²) in [4.78, 5) is 3.98. The van der Waals surface area contributed by atoms with Crippen LogP contribution in [0, 0.1) is 0 Å². The Hall–Kier alpha value is -2.02. The lowest BCUT2D eigenvalue weighted by Crippen LogP contribution is -2.53. The Morgan fingerprint density at radius 3 is 2.08 bits per heavy atom. The molecule has 1 atom stereocenters. The van der Waals surface area contributed by atoms with Gasteiger partial charge in [-0.1, -0.05) is 18.2 Å². The van der Waals surface area contributed by atoms with Crippen molar-refractivity contribution in [3.63, 3.8) is 0 Å². The summed E-state index contributed by atoms with van der Waals surface area (Å²) < 4.78 is 65.1. The minimum atomic E-state index is -4.51. The van der Waals surface area contributed by atoms with Gasteiger partial charge < -0.3 is 5.11 Å². The third-order valence-electron chi connectivity index (χ3n) is 4.43. The molecule has 1 N–H and O–H groups in total. The molecular weight excluding hydrogens is 329 g/mol. The fourth-order valence-electron chi connectivity index (χ4n) is 3.24. The van der Waals surface area contributed by atoms with Crippen LogP contribution in [0.2, 0.25) is 0 Å². The Balaban J connectivity index is 1.98. The Morgan fingerprint density at radius 1 is 1.00 bits per heavy atom. The number of hydrogen-bond acceptors (Lipinski definition) is 2. The first kappa shape index (κ1) is 16.8. The Bertz CT molecular complexity index is 704. The van der Waals surface area contributed by atoms with E-state index >= 15 is 0 Å². The number of benzene rings is 1. The third kappa shape index (κ3) is 2.88. The Kier molecular flexibility index (Phi) is 3.86. The van der Waals surface area contributed by atoms with Gasteiger partial charge in [-0.2, -0.15) is 13.2 Å². The maximum atomic E-state index is 13.6. The Morgan fingerprint density at radius 2 is 1.62 bits per heavy atom. The molecule has 0 spiro atoms. The summed E-state index contributed by atoms with van der Waals surface area (Å²) >= 11 is 0. The van der Waals surface area contributed by atoms with Crippen LogP contribution in [-0.2, 0) is 11.6 Å². The molecule has 128 valence electrons. The van der Waals surface area contributed by atoms with Gasteiger partial charge in [0.25, 0.3) is 0 Å². The number of halogens is 5. The molecule has 0 amide bonds. The van der Waals surface area contributed by atoms with Crippen molar-refractivity contribution in [3.8, 4) is 0 Å². The van der Waals surface area contributed by atoms with E-state index in [4.69, 9.17) is 0 Å². The average Bonchev–Trinajstić information content (AvgIpc) is 2.51. The molecule has 24 heavy (non-hydrogen) atoms. The summed E-state index contributed by atoms with van der Waals surface area (Å²) in [6.07, 6.45) is -5.67. The number of rotatable bonds is 3. The molecule has 1 heterocycles. The first-order valence-corrected chi connectivity index (χ1v) is 7.29. The standard InChI is InChI=1S/C17H14F5NO/c18-16(19)9-15(10-16,14(24)13-3-1-2-8-23-13)11-4-6-12(7-5-11)17(20,21)22/h1-8,14,24H,9-10H2. The van der Waals surface area contributed by atoms with E-state index in [0.29, 0.717) is 0 Å². The first-order valence-electron chi connectivity index (χ1n) is 7.29. The molecule has 2 nitrogen and oxygen atoms in total. The molecule has 1 aromatic heterocycles. The van der Waals surface area contributed by atoms with Crippen LogP contribution in [0.15, 0.2) is 48.7 Å². The lowest BCUT2D eigenvalue weighted by Gasteiger charge is -2.50. The number of alkyl halides is 5.